The summed E-state index contributed by atoms with van der Waals surface area (Å²) in [4.78, 5) is 28.6. The van der Waals surface area contributed by atoms with Crippen molar-refractivity contribution in [2.45, 2.75) is 19.0 Å². The summed E-state index contributed by atoms with van der Waals surface area (Å²) < 4.78 is 5.51. The number of aromatic nitrogens is 3. The molecule has 1 fully saturated rings. The molecule has 29 heavy (non-hydrogen) atoms. The molecule has 2 aliphatic rings. The zero-order valence-corrected chi connectivity index (χ0v) is 16.0. The van der Waals surface area contributed by atoms with Gasteiger partial charge in [-0.15, -0.1) is 0 Å². The second-order valence-electron chi connectivity index (χ2n) is 7.49. The Morgan fingerprint density at radius 3 is 2.90 bits per heavy atom. The van der Waals surface area contributed by atoms with Gasteiger partial charge in [-0.1, -0.05) is 18.2 Å². The molecule has 0 aliphatic carbocycles. The van der Waals surface area contributed by atoms with Crippen LogP contribution in [0.25, 0.3) is 10.9 Å². The molecule has 1 aromatic carbocycles. The van der Waals surface area contributed by atoms with Crippen molar-refractivity contribution in [3.05, 3.63) is 53.6 Å². The average Bonchev–Trinajstić information content (AvgIpc) is 3.22. The minimum Gasteiger partial charge on any atom is -0.480 e. The highest BCUT2D eigenvalue weighted by molar-refractivity contribution is 5.82. The molecule has 1 saturated heterocycles. The highest BCUT2D eigenvalue weighted by atomic mass is 16.5. The quantitative estimate of drug-likeness (QED) is 0.700. The van der Waals surface area contributed by atoms with Crippen molar-refractivity contribution in [2.24, 2.45) is 0 Å². The fourth-order valence-corrected chi connectivity index (χ4v) is 4.30. The van der Waals surface area contributed by atoms with Gasteiger partial charge in [0, 0.05) is 49.2 Å². The van der Waals surface area contributed by atoms with E-state index in [2.05, 4.69) is 20.9 Å². The highest BCUT2D eigenvalue weighted by Crippen LogP contribution is 2.32. The van der Waals surface area contributed by atoms with Gasteiger partial charge in [-0.25, -0.2) is 9.97 Å². The molecule has 0 radical (unpaired) electrons. The van der Waals surface area contributed by atoms with Gasteiger partial charge in [0.1, 0.15) is 5.82 Å². The zero-order valence-electron chi connectivity index (χ0n) is 16.0. The zero-order chi connectivity index (χ0) is 19.8. The maximum Gasteiger partial charge on any atom is 0.327 e. The molecule has 1 atom stereocenters. The van der Waals surface area contributed by atoms with Gasteiger partial charge < -0.3 is 19.7 Å². The summed E-state index contributed by atoms with van der Waals surface area (Å²) in [6.07, 6.45) is 2.34. The van der Waals surface area contributed by atoms with Crippen LogP contribution in [0.1, 0.15) is 23.0 Å². The first kappa shape index (κ1) is 18.1. The van der Waals surface area contributed by atoms with E-state index < -0.39 is 12.0 Å². The Morgan fingerprint density at radius 2 is 2.07 bits per heavy atom. The molecule has 3 aromatic rings. The van der Waals surface area contributed by atoms with Gasteiger partial charge in [0.05, 0.1) is 30.8 Å². The van der Waals surface area contributed by atoms with Crippen molar-refractivity contribution in [1.29, 1.82) is 0 Å². The van der Waals surface area contributed by atoms with Crippen LogP contribution in [0.5, 0.6) is 0 Å². The van der Waals surface area contributed by atoms with E-state index >= 15 is 0 Å². The van der Waals surface area contributed by atoms with Crippen molar-refractivity contribution in [2.75, 3.05) is 37.7 Å². The molecule has 8 heteroatoms. The van der Waals surface area contributed by atoms with Crippen molar-refractivity contribution >= 4 is 22.7 Å². The molecule has 150 valence electrons. The molecule has 0 unspecified atom stereocenters. The summed E-state index contributed by atoms with van der Waals surface area (Å²) in [6.45, 7) is 4.07. The van der Waals surface area contributed by atoms with Gasteiger partial charge in [0.25, 0.3) is 0 Å². The summed E-state index contributed by atoms with van der Waals surface area (Å²) in [6, 6.07) is 9.44. The van der Waals surface area contributed by atoms with Gasteiger partial charge in [-0.3, -0.25) is 9.69 Å². The molecule has 5 rings (SSSR count). The second kappa shape index (κ2) is 7.46. The van der Waals surface area contributed by atoms with E-state index in [0.717, 1.165) is 47.5 Å². The third-order valence-electron chi connectivity index (χ3n) is 5.72. The van der Waals surface area contributed by atoms with Gasteiger partial charge in [-0.2, -0.15) is 0 Å². The second-order valence-corrected chi connectivity index (χ2v) is 7.49. The molecule has 0 bridgehead atoms. The molecule has 8 nitrogen and oxygen atoms in total. The first-order valence-electron chi connectivity index (χ1n) is 9.91. The van der Waals surface area contributed by atoms with E-state index in [9.17, 15) is 9.90 Å². The number of benzene rings is 1. The minimum absolute atomic E-state index is 0.508. The fraction of sp³-hybridized carbons (Fsp3) is 0.381. The topological polar surface area (TPSA) is 94.6 Å². The van der Waals surface area contributed by atoms with E-state index in [1.807, 2.05) is 29.2 Å². The number of carboxylic acid groups (broad SMARTS) is 1. The van der Waals surface area contributed by atoms with Crippen molar-refractivity contribution < 1.29 is 14.6 Å². The number of pyridine rings is 1. The lowest BCUT2D eigenvalue weighted by Gasteiger charge is -2.34. The Labute approximate surface area is 168 Å². The summed E-state index contributed by atoms with van der Waals surface area (Å²) in [5.41, 5.74) is 3.51. The van der Waals surface area contributed by atoms with Crippen molar-refractivity contribution in [3.63, 3.8) is 0 Å². The lowest BCUT2D eigenvalue weighted by atomic mass is 10.0. The number of morpholine rings is 1. The van der Waals surface area contributed by atoms with Gasteiger partial charge in [0.15, 0.2) is 6.04 Å². The molecule has 2 aliphatic heterocycles. The van der Waals surface area contributed by atoms with Crippen molar-refractivity contribution in [1.82, 2.24) is 19.9 Å². The number of rotatable bonds is 4. The number of imidazole rings is 1. The Balaban J connectivity index is 1.54. The Morgan fingerprint density at radius 1 is 1.24 bits per heavy atom. The minimum atomic E-state index is -0.875. The molecule has 0 amide bonds. The predicted molar refractivity (Wildman–Crippen MR) is 108 cm³/mol. The van der Waals surface area contributed by atoms with E-state index in [4.69, 9.17) is 9.72 Å². The van der Waals surface area contributed by atoms with E-state index in [1.54, 1.807) is 6.33 Å². The van der Waals surface area contributed by atoms with Crippen LogP contribution in [0.3, 0.4) is 0 Å². The SMILES string of the molecule is O=C(O)[C@@H]1c2nc[nH]c2CCN1Cc1cc2ccccc2nc1N1CCOCC1. The number of aliphatic carboxylic acids is 1. The summed E-state index contributed by atoms with van der Waals surface area (Å²) >= 11 is 0. The normalized spacial score (nSPS) is 20.0. The standard InChI is InChI=1S/C21H23N5O3/c27-21(28)19-18-17(22-13-23-18)5-6-26(19)12-15-11-14-3-1-2-4-16(14)24-20(15)25-7-9-29-10-8-25/h1-4,11,13,19H,5-10,12H2,(H,22,23)(H,27,28)/t19-/m0/s1. The lowest BCUT2D eigenvalue weighted by Crippen LogP contribution is -2.41. The average molecular weight is 393 g/mol. The summed E-state index contributed by atoms with van der Waals surface area (Å²) in [7, 11) is 0. The van der Waals surface area contributed by atoms with E-state index in [0.29, 0.717) is 32.0 Å². The summed E-state index contributed by atoms with van der Waals surface area (Å²) in [5.74, 6) is 0.0451. The monoisotopic (exact) mass is 393 g/mol. The third-order valence-corrected chi connectivity index (χ3v) is 5.72. The number of fused-ring (bicyclic) bond motifs is 2. The van der Waals surface area contributed by atoms with Crippen LogP contribution < -0.4 is 4.90 Å². The molecular weight excluding hydrogens is 370 g/mol. The fourth-order valence-electron chi connectivity index (χ4n) is 4.30. The number of ether oxygens (including phenoxy) is 1. The highest BCUT2D eigenvalue weighted by Gasteiger charge is 2.35. The third kappa shape index (κ3) is 3.34. The van der Waals surface area contributed by atoms with E-state index in [-0.39, 0.29) is 0 Å². The molecular formula is C21H23N5O3. The van der Waals surface area contributed by atoms with Gasteiger partial charge in [-0.05, 0) is 12.1 Å². The van der Waals surface area contributed by atoms with Crippen LogP contribution in [-0.2, 0) is 22.5 Å². The van der Waals surface area contributed by atoms with Crippen LogP contribution in [0.4, 0.5) is 5.82 Å². The number of aromatic amines is 1. The number of carbonyl (C=O) groups is 1. The Bertz CT molecular complexity index is 1040. The predicted octanol–water partition coefficient (Wildman–Crippen LogP) is 1.98. The van der Waals surface area contributed by atoms with Gasteiger partial charge >= 0.3 is 5.97 Å². The number of nitrogens with one attached hydrogen (secondary N) is 1. The number of hydrogen-bond donors (Lipinski definition) is 2. The number of carboxylic acids is 1. The van der Waals surface area contributed by atoms with Crippen LogP contribution in [0, 0.1) is 0 Å². The maximum atomic E-state index is 12.1. The number of para-hydroxylation sites is 1. The number of anilines is 1. The molecule has 2 aromatic heterocycles. The van der Waals surface area contributed by atoms with Crippen molar-refractivity contribution in [3.8, 4) is 0 Å². The smallest absolute Gasteiger partial charge is 0.327 e. The summed E-state index contributed by atoms with van der Waals surface area (Å²) in [5, 5.41) is 11.0. The molecule has 2 N–H and O–H groups in total. The number of hydrogen-bond acceptors (Lipinski definition) is 6. The lowest BCUT2D eigenvalue weighted by molar-refractivity contribution is -0.144. The molecule has 0 saturated carbocycles. The number of H-pyrrole nitrogens is 1. The van der Waals surface area contributed by atoms with Crippen LogP contribution in [0.2, 0.25) is 0 Å². The largest absolute Gasteiger partial charge is 0.480 e. The number of nitrogens with zero attached hydrogens (tertiary/aromatic N) is 4. The molecule has 4 heterocycles. The first-order valence-corrected chi connectivity index (χ1v) is 9.91. The van der Waals surface area contributed by atoms with Crippen LogP contribution in [-0.4, -0.2) is 63.8 Å². The molecule has 0 spiro atoms. The Kier molecular flexibility index (Phi) is 4.65. The van der Waals surface area contributed by atoms with Gasteiger partial charge in [0.2, 0.25) is 0 Å². The van der Waals surface area contributed by atoms with E-state index in [1.165, 1.54) is 0 Å². The maximum absolute atomic E-state index is 12.1. The van der Waals surface area contributed by atoms with Crippen LogP contribution in [0.15, 0.2) is 36.7 Å². The Hall–Kier alpha value is -2.97. The first-order chi connectivity index (χ1) is 14.2. The van der Waals surface area contributed by atoms with Crippen LogP contribution >= 0.6 is 0 Å².